The normalized spacial score (nSPS) is 35.2. The molecule has 2 atom stereocenters. The fourth-order valence-electron chi connectivity index (χ4n) is 1.59. The SMILES string of the molecule is CN[C@H]1CCC(F)CN(C)C1. The number of halogens is 1. The standard InChI is InChI=1S/C8H17FN2/c1-10-8-4-3-7(9)5-11(2)6-8/h7-8,10H,3-6H2,1-2H3/t7?,8-/m0/s1. The Hall–Kier alpha value is -0.150. The summed E-state index contributed by atoms with van der Waals surface area (Å²) in [6.07, 6.45) is 1.04. The number of alkyl halides is 1. The van der Waals surface area contributed by atoms with E-state index in [0.29, 0.717) is 19.0 Å². The van der Waals surface area contributed by atoms with Crippen LogP contribution in [0.3, 0.4) is 0 Å². The molecule has 1 fully saturated rings. The van der Waals surface area contributed by atoms with Gasteiger partial charge in [-0.25, -0.2) is 4.39 Å². The minimum Gasteiger partial charge on any atom is -0.316 e. The number of likely N-dealkylation sites (tertiary alicyclic amines) is 1. The highest BCUT2D eigenvalue weighted by Crippen LogP contribution is 2.11. The van der Waals surface area contributed by atoms with Crippen LogP contribution in [0.25, 0.3) is 0 Å². The second-order valence-electron chi connectivity index (χ2n) is 3.38. The van der Waals surface area contributed by atoms with Crippen LogP contribution < -0.4 is 5.32 Å². The van der Waals surface area contributed by atoms with E-state index in [-0.39, 0.29) is 0 Å². The molecule has 1 aliphatic heterocycles. The second kappa shape index (κ2) is 4.02. The molecule has 1 N–H and O–H groups in total. The Morgan fingerprint density at radius 1 is 1.36 bits per heavy atom. The number of hydrogen-bond acceptors (Lipinski definition) is 2. The molecule has 1 unspecified atom stereocenters. The van der Waals surface area contributed by atoms with Gasteiger partial charge in [0.2, 0.25) is 0 Å². The van der Waals surface area contributed by atoms with Crippen molar-refractivity contribution in [2.24, 2.45) is 0 Å². The van der Waals surface area contributed by atoms with Gasteiger partial charge in [0.25, 0.3) is 0 Å². The lowest BCUT2D eigenvalue weighted by atomic mass is 10.1. The fourth-order valence-corrected chi connectivity index (χ4v) is 1.59. The zero-order valence-electron chi connectivity index (χ0n) is 7.31. The van der Waals surface area contributed by atoms with Crippen LogP contribution >= 0.6 is 0 Å². The van der Waals surface area contributed by atoms with Crippen LogP contribution in [-0.2, 0) is 0 Å². The van der Waals surface area contributed by atoms with Gasteiger partial charge in [-0.15, -0.1) is 0 Å². The van der Waals surface area contributed by atoms with Crippen molar-refractivity contribution in [3.05, 3.63) is 0 Å². The Bertz CT molecular complexity index is 119. The van der Waals surface area contributed by atoms with E-state index in [1.54, 1.807) is 0 Å². The lowest BCUT2D eigenvalue weighted by molar-refractivity contribution is 0.233. The molecule has 0 aromatic carbocycles. The zero-order chi connectivity index (χ0) is 8.27. The summed E-state index contributed by atoms with van der Waals surface area (Å²) in [5.74, 6) is 0. The van der Waals surface area contributed by atoms with Gasteiger partial charge in [0.1, 0.15) is 6.17 Å². The van der Waals surface area contributed by atoms with E-state index >= 15 is 0 Å². The predicted octanol–water partition coefficient (Wildman–Crippen LogP) is 0.638. The van der Waals surface area contributed by atoms with E-state index in [2.05, 4.69) is 10.2 Å². The highest BCUT2D eigenvalue weighted by atomic mass is 19.1. The van der Waals surface area contributed by atoms with Gasteiger partial charge in [-0.2, -0.15) is 0 Å². The van der Waals surface area contributed by atoms with Gasteiger partial charge in [-0.05, 0) is 26.9 Å². The Balaban J connectivity index is 2.39. The van der Waals surface area contributed by atoms with E-state index in [9.17, 15) is 4.39 Å². The Morgan fingerprint density at radius 2 is 2.09 bits per heavy atom. The highest BCUT2D eigenvalue weighted by molar-refractivity contribution is 4.77. The van der Waals surface area contributed by atoms with Crippen LogP contribution in [0.5, 0.6) is 0 Å². The molecule has 0 amide bonds. The molecule has 0 aromatic rings. The number of nitrogens with one attached hydrogen (secondary N) is 1. The van der Waals surface area contributed by atoms with Crippen molar-refractivity contribution in [2.45, 2.75) is 25.1 Å². The average Bonchev–Trinajstić information content (AvgIpc) is 2.11. The first-order chi connectivity index (χ1) is 5.22. The van der Waals surface area contributed by atoms with Crippen molar-refractivity contribution in [2.75, 3.05) is 27.2 Å². The van der Waals surface area contributed by atoms with Gasteiger partial charge in [0.15, 0.2) is 0 Å². The molecule has 1 aliphatic rings. The van der Waals surface area contributed by atoms with E-state index in [1.807, 2.05) is 14.1 Å². The Kier molecular flexibility index (Phi) is 3.27. The summed E-state index contributed by atoms with van der Waals surface area (Å²) in [6, 6.07) is 0.473. The van der Waals surface area contributed by atoms with Crippen LogP contribution in [-0.4, -0.2) is 44.3 Å². The Morgan fingerprint density at radius 3 is 2.73 bits per heavy atom. The van der Waals surface area contributed by atoms with Crippen molar-refractivity contribution in [3.8, 4) is 0 Å². The Labute approximate surface area is 67.8 Å². The summed E-state index contributed by atoms with van der Waals surface area (Å²) in [5.41, 5.74) is 0. The molecule has 0 aliphatic carbocycles. The van der Waals surface area contributed by atoms with Crippen molar-refractivity contribution >= 4 is 0 Å². The molecule has 66 valence electrons. The van der Waals surface area contributed by atoms with Crippen molar-refractivity contribution in [1.82, 2.24) is 10.2 Å². The topological polar surface area (TPSA) is 15.3 Å². The van der Waals surface area contributed by atoms with Gasteiger partial charge in [-0.1, -0.05) is 0 Å². The second-order valence-corrected chi connectivity index (χ2v) is 3.38. The molecule has 2 nitrogen and oxygen atoms in total. The molecule has 1 rings (SSSR count). The first-order valence-corrected chi connectivity index (χ1v) is 4.22. The van der Waals surface area contributed by atoms with Gasteiger partial charge in [-0.3, -0.25) is 0 Å². The van der Waals surface area contributed by atoms with Crippen molar-refractivity contribution in [3.63, 3.8) is 0 Å². The molecule has 11 heavy (non-hydrogen) atoms. The molecular weight excluding hydrogens is 143 g/mol. The van der Waals surface area contributed by atoms with Crippen LogP contribution in [0.2, 0.25) is 0 Å². The van der Waals surface area contributed by atoms with Crippen molar-refractivity contribution < 1.29 is 4.39 Å². The minimum absolute atomic E-state index is 0.473. The number of likely N-dealkylation sites (N-methyl/N-ethyl adjacent to an activating group) is 2. The highest BCUT2D eigenvalue weighted by Gasteiger charge is 2.19. The zero-order valence-corrected chi connectivity index (χ0v) is 7.31. The monoisotopic (exact) mass is 160 g/mol. The van der Waals surface area contributed by atoms with Crippen LogP contribution in [0.4, 0.5) is 4.39 Å². The lowest BCUT2D eigenvalue weighted by Crippen LogP contribution is -2.36. The summed E-state index contributed by atoms with van der Waals surface area (Å²) in [7, 11) is 3.92. The maximum atomic E-state index is 12.9. The third-order valence-electron chi connectivity index (χ3n) is 2.28. The summed E-state index contributed by atoms with van der Waals surface area (Å²) in [6.45, 7) is 1.56. The van der Waals surface area contributed by atoms with Gasteiger partial charge < -0.3 is 10.2 Å². The molecule has 1 saturated heterocycles. The lowest BCUT2D eigenvalue weighted by Gasteiger charge is -2.18. The first-order valence-electron chi connectivity index (χ1n) is 4.22. The third kappa shape index (κ3) is 2.75. The molecule has 0 saturated carbocycles. The molecule has 0 aromatic heterocycles. The van der Waals surface area contributed by atoms with E-state index in [0.717, 1.165) is 13.0 Å². The summed E-state index contributed by atoms with van der Waals surface area (Å²) < 4.78 is 12.9. The first kappa shape index (κ1) is 8.94. The molecule has 0 bridgehead atoms. The fraction of sp³-hybridized carbons (Fsp3) is 1.00. The van der Waals surface area contributed by atoms with E-state index < -0.39 is 6.17 Å². The number of nitrogens with zero attached hydrogens (tertiary/aromatic N) is 1. The molecule has 0 radical (unpaired) electrons. The number of hydrogen-bond donors (Lipinski definition) is 1. The van der Waals surface area contributed by atoms with Gasteiger partial charge >= 0.3 is 0 Å². The smallest absolute Gasteiger partial charge is 0.113 e. The summed E-state index contributed by atoms with van der Waals surface area (Å²) in [5, 5.41) is 3.19. The van der Waals surface area contributed by atoms with Crippen LogP contribution in [0.1, 0.15) is 12.8 Å². The van der Waals surface area contributed by atoms with Gasteiger partial charge in [0.05, 0.1) is 0 Å². The van der Waals surface area contributed by atoms with Gasteiger partial charge in [0, 0.05) is 19.1 Å². The average molecular weight is 160 g/mol. The third-order valence-corrected chi connectivity index (χ3v) is 2.28. The largest absolute Gasteiger partial charge is 0.316 e. The summed E-state index contributed by atoms with van der Waals surface area (Å²) in [4.78, 5) is 2.05. The molecular formula is C8H17FN2. The van der Waals surface area contributed by atoms with E-state index in [1.165, 1.54) is 0 Å². The number of rotatable bonds is 1. The molecule has 1 heterocycles. The molecule has 0 spiro atoms. The quantitative estimate of drug-likeness (QED) is 0.605. The van der Waals surface area contributed by atoms with Crippen LogP contribution in [0, 0.1) is 0 Å². The minimum atomic E-state index is -0.627. The summed E-state index contributed by atoms with van der Waals surface area (Å²) >= 11 is 0. The predicted molar refractivity (Wildman–Crippen MR) is 44.5 cm³/mol. The van der Waals surface area contributed by atoms with Crippen molar-refractivity contribution in [1.29, 1.82) is 0 Å². The maximum Gasteiger partial charge on any atom is 0.113 e. The van der Waals surface area contributed by atoms with Crippen LogP contribution in [0.15, 0.2) is 0 Å². The molecule has 3 heteroatoms. The van der Waals surface area contributed by atoms with E-state index in [4.69, 9.17) is 0 Å². The maximum absolute atomic E-state index is 12.9.